The lowest BCUT2D eigenvalue weighted by molar-refractivity contribution is -0.142. The van der Waals surface area contributed by atoms with Crippen molar-refractivity contribution in [3.8, 4) is 0 Å². The van der Waals surface area contributed by atoms with E-state index < -0.39 is 0 Å². The number of nitrogens with zero attached hydrogens (tertiary/aromatic N) is 3. The number of carbonyl (C=O) groups is 1. The lowest BCUT2D eigenvalue weighted by Gasteiger charge is -2.33. The van der Waals surface area contributed by atoms with Crippen molar-refractivity contribution >= 4 is 5.97 Å². The number of aromatic nitrogens is 2. The van der Waals surface area contributed by atoms with E-state index in [1.54, 1.807) is 6.92 Å². The Hall–Kier alpha value is -1.47. The largest absolute Gasteiger partial charge is 0.461 e. The van der Waals surface area contributed by atoms with Crippen LogP contribution in [0.25, 0.3) is 0 Å². The van der Waals surface area contributed by atoms with Crippen LogP contribution in [-0.2, 0) is 16.1 Å². The number of hydrogen-bond donors (Lipinski definition) is 1. The number of carbonyl (C=O) groups excluding carboxylic acids is 1. The Morgan fingerprint density at radius 1 is 1.48 bits per heavy atom. The molecule has 0 aliphatic carbocycles. The lowest BCUT2D eigenvalue weighted by Crippen LogP contribution is -2.50. The summed E-state index contributed by atoms with van der Waals surface area (Å²) in [7, 11) is 0. The van der Waals surface area contributed by atoms with Gasteiger partial charge in [-0.2, -0.15) is 4.98 Å². The van der Waals surface area contributed by atoms with E-state index in [0.29, 0.717) is 18.5 Å². The highest BCUT2D eigenvalue weighted by Gasteiger charge is 2.34. The number of hydrogen-bond acceptors (Lipinski definition) is 7. The smallest absolute Gasteiger partial charge is 0.323 e. The van der Waals surface area contributed by atoms with Gasteiger partial charge in [0.05, 0.1) is 6.54 Å². The maximum Gasteiger partial charge on any atom is 0.323 e. The van der Waals surface area contributed by atoms with Crippen molar-refractivity contribution in [2.75, 3.05) is 13.1 Å². The number of rotatable bonds is 4. The molecule has 0 saturated carbocycles. The molecule has 7 heteroatoms. The highest BCUT2D eigenvalue weighted by atomic mass is 16.6. The number of ether oxygens (including phenoxy) is 1. The van der Waals surface area contributed by atoms with E-state index in [4.69, 9.17) is 9.26 Å². The third-order valence-corrected chi connectivity index (χ3v) is 4.05. The van der Waals surface area contributed by atoms with Crippen LogP contribution in [0, 0.1) is 6.92 Å². The average molecular weight is 294 g/mol. The van der Waals surface area contributed by atoms with Crippen molar-refractivity contribution in [2.45, 2.75) is 57.8 Å². The molecule has 0 bridgehead atoms. The fourth-order valence-electron chi connectivity index (χ4n) is 3.12. The SMILES string of the molecule is Cc1nc(CN2CCC[C@H](N[C@@H]3C[C@@H](C)OC3=O)C2)no1. The van der Waals surface area contributed by atoms with Gasteiger partial charge in [-0.05, 0) is 26.3 Å². The molecule has 0 amide bonds. The van der Waals surface area contributed by atoms with E-state index in [9.17, 15) is 4.79 Å². The van der Waals surface area contributed by atoms with E-state index in [2.05, 4.69) is 20.4 Å². The Bertz CT molecular complexity index is 504. The standard InChI is InChI=1S/C14H22N4O3/c1-9-6-12(14(19)20-9)16-11-4-3-5-18(7-11)8-13-15-10(2)21-17-13/h9,11-12,16H,3-8H2,1-2H3/t9-,11+,12-/m1/s1. The van der Waals surface area contributed by atoms with Crippen molar-refractivity contribution in [2.24, 2.45) is 0 Å². The van der Waals surface area contributed by atoms with E-state index in [1.807, 2.05) is 6.92 Å². The topological polar surface area (TPSA) is 80.5 Å². The van der Waals surface area contributed by atoms with Gasteiger partial charge in [0, 0.05) is 25.9 Å². The summed E-state index contributed by atoms with van der Waals surface area (Å²) in [6, 6.07) is 0.159. The summed E-state index contributed by atoms with van der Waals surface area (Å²) in [5, 5.41) is 7.38. The van der Waals surface area contributed by atoms with Crippen LogP contribution in [0.15, 0.2) is 4.52 Å². The van der Waals surface area contributed by atoms with Gasteiger partial charge >= 0.3 is 5.97 Å². The van der Waals surface area contributed by atoms with E-state index in [1.165, 1.54) is 0 Å². The number of esters is 1. The molecule has 1 aromatic rings. The number of likely N-dealkylation sites (tertiary alicyclic amines) is 1. The molecule has 3 atom stereocenters. The lowest BCUT2D eigenvalue weighted by atomic mass is 10.0. The molecule has 1 N–H and O–H groups in total. The van der Waals surface area contributed by atoms with Gasteiger partial charge in [-0.15, -0.1) is 0 Å². The van der Waals surface area contributed by atoms with Crippen molar-refractivity contribution in [1.82, 2.24) is 20.4 Å². The third kappa shape index (κ3) is 3.59. The van der Waals surface area contributed by atoms with Gasteiger partial charge in [-0.1, -0.05) is 5.16 Å². The van der Waals surface area contributed by atoms with Gasteiger partial charge in [0.2, 0.25) is 5.89 Å². The van der Waals surface area contributed by atoms with Gasteiger partial charge < -0.3 is 14.6 Å². The maximum absolute atomic E-state index is 11.7. The zero-order valence-corrected chi connectivity index (χ0v) is 12.5. The highest BCUT2D eigenvalue weighted by molar-refractivity contribution is 5.77. The molecule has 3 rings (SSSR count). The Kier molecular flexibility index (Phi) is 4.21. The van der Waals surface area contributed by atoms with Crippen LogP contribution in [0.4, 0.5) is 0 Å². The average Bonchev–Trinajstić information content (AvgIpc) is 2.96. The Morgan fingerprint density at radius 3 is 3.00 bits per heavy atom. The van der Waals surface area contributed by atoms with Crippen molar-refractivity contribution in [3.05, 3.63) is 11.7 Å². The minimum atomic E-state index is -0.155. The van der Waals surface area contributed by atoms with Gasteiger partial charge in [-0.3, -0.25) is 9.69 Å². The second-order valence-corrected chi connectivity index (χ2v) is 6.01. The fourth-order valence-corrected chi connectivity index (χ4v) is 3.12. The molecule has 1 aromatic heterocycles. The summed E-state index contributed by atoms with van der Waals surface area (Å²) in [5.74, 6) is 1.20. The normalized spacial score (nSPS) is 30.6. The summed E-state index contributed by atoms with van der Waals surface area (Å²) in [4.78, 5) is 18.2. The molecule has 0 radical (unpaired) electrons. The predicted octanol–water partition coefficient (Wildman–Crippen LogP) is 0.636. The maximum atomic E-state index is 11.7. The Morgan fingerprint density at radius 2 is 2.33 bits per heavy atom. The number of nitrogens with one attached hydrogen (secondary N) is 1. The van der Waals surface area contributed by atoms with Crippen LogP contribution in [0.2, 0.25) is 0 Å². The first kappa shape index (κ1) is 14.5. The van der Waals surface area contributed by atoms with E-state index in [-0.39, 0.29) is 18.1 Å². The Balaban J connectivity index is 1.52. The first-order valence-electron chi connectivity index (χ1n) is 7.58. The molecule has 0 aromatic carbocycles. The summed E-state index contributed by atoms with van der Waals surface area (Å²) in [5.41, 5.74) is 0. The first-order valence-corrected chi connectivity index (χ1v) is 7.58. The highest BCUT2D eigenvalue weighted by Crippen LogP contribution is 2.18. The molecule has 2 aliphatic heterocycles. The molecule has 21 heavy (non-hydrogen) atoms. The second-order valence-electron chi connectivity index (χ2n) is 6.01. The van der Waals surface area contributed by atoms with Crippen molar-refractivity contribution in [1.29, 1.82) is 0 Å². The number of aryl methyl sites for hydroxylation is 1. The van der Waals surface area contributed by atoms with E-state index in [0.717, 1.165) is 38.2 Å². The van der Waals surface area contributed by atoms with Gasteiger partial charge in [0.15, 0.2) is 5.82 Å². The summed E-state index contributed by atoms with van der Waals surface area (Å²) in [6.45, 7) is 6.35. The van der Waals surface area contributed by atoms with Crippen LogP contribution in [-0.4, -0.2) is 52.3 Å². The molecule has 0 spiro atoms. The minimum absolute atomic E-state index is 0.0250. The van der Waals surface area contributed by atoms with Crippen LogP contribution in [0.5, 0.6) is 0 Å². The quantitative estimate of drug-likeness (QED) is 0.816. The minimum Gasteiger partial charge on any atom is -0.461 e. The summed E-state index contributed by atoms with van der Waals surface area (Å²) in [6.07, 6.45) is 2.97. The fraction of sp³-hybridized carbons (Fsp3) is 0.786. The number of piperidine rings is 1. The van der Waals surface area contributed by atoms with Gasteiger partial charge in [0.25, 0.3) is 0 Å². The number of cyclic esters (lactones) is 1. The van der Waals surface area contributed by atoms with Crippen molar-refractivity contribution < 1.29 is 14.1 Å². The molecule has 2 fully saturated rings. The van der Waals surface area contributed by atoms with Crippen LogP contribution >= 0.6 is 0 Å². The van der Waals surface area contributed by atoms with Crippen LogP contribution in [0.3, 0.4) is 0 Å². The molecular formula is C14H22N4O3. The molecule has 3 heterocycles. The molecule has 116 valence electrons. The molecule has 2 saturated heterocycles. The van der Waals surface area contributed by atoms with Crippen molar-refractivity contribution in [3.63, 3.8) is 0 Å². The molecule has 2 aliphatic rings. The van der Waals surface area contributed by atoms with Gasteiger partial charge in [-0.25, -0.2) is 0 Å². The second kappa shape index (κ2) is 6.11. The third-order valence-electron chi connectivity index (χ3n) is 4.05. The summed E-state index contributed by atoms with van der Waals surface area (Å²) < 4.78 is 10.2. The molecule has 0 unspecified atom stereocenters. The zero-order chi connectivity index (χ0) is 14.8. The Labute approximate surface area is 124 Å². The van der Waals surface area contributed by atoms with E-state index >= 15 is 0 Å². The van der Waals surface area contributed by atoms with Crippen LogP contribution in [0.1, 0.15) is 37.9 Å². The molecule has 7 nitrogen and oxygen atoms in total. The zero-order valence-electron chi connectivity index (χ0n) is 12.5. The molecular weight excluding hydrogens is 272 g/mol. The first-order chi connectivity index (χ1) is 10.1. The summed E-state index contributed by atoms with van der Waals surface area (Å²) >= 11 is 0. The van der Waals surface area contributed by atoms with Gasteiger partial charge in [0.1, 0.15) is 12.1 Å². The van der Waals surface area contributed by atoms with Crippen LogP contribution < -0.4 is 5.32 Å². The monoisotopic (exact) mass is 294 g/mol. The predicted molar refractivity (Wildman–Crippen MR) is 74.4 cm³/mol.